The number of aliphatic hydroxyl groups is 3. The van der Waals surface area contributed by atoms with Crippen LogP contribution in [0.5, 0.6) is 0 Å². The number of benzene rings is 1. The van der Waals surface area contributed by atoms with E-state index in [0.717, 1.165) is 100 Å². The third-order valence-electron chi connectivity index (χ3n) is 18.6. The SMILES string of the molecule is CCOC(=O)CC(C(=O)OCC)N(C)C1CCC(CC2CCC(N(CC(O)COCCC[Si](C)(C)C)C(CC(=O)OCC)C(=O)OCC)CC2)CC1.CO[Si](C)(C)O[Si](O[SiH2]CCCOCC(O)CNC(C)COCC(C)N)(O[Si](C)(C)CCCOCC(O)CNC(C)COCC(C)N)c1ccccc1.[W].[Y]. The number of aliphatic hydroxyl groups excluding tert-OH is 3. The molecule has 1 aromatic carbocycles. The van der Waals surface area contributed by atoms with Gasteiger partial charge in [-0.05, 0) is 190 Å². The molecule has 2 fully saturated rings. The first-order valence-electron chi connectivity index (χ1n) is 39.4. The summed E-state index contributed by atoms with van der Waals surface area (Å²) >= 11 is 0. The van der Waals surface area contributed by atoms with Crippen LogP contribution in [0, 0.1) is 11.8 Å². The fraction of sp³-hybridized carbons (Fsp3) is 0.865. The van der Waals surface area contributed by atoms with Crippen LogP contribution in [0.1, 0.15) is 145 Å². The minimum Gasteiger partial charge on any atom is -0.466 e. The molecule has 2 aliphatic rings. The van der Waals surface area contributed by atoms with Crippen molar-refractivity contribution < 1.29 is 148 Å². The van der Waals surface area contributed by atoms with Gasteiger partial charge in [0, 0.05) is 150 Å². The Bertz CT molecular complexity index is 2440. The molecular formula is C74H148N6O20Si5WY. The summed E-state index contributed by atoms with van der Waals surface area (Å²) in [6.45, 7) is 36.8. The van der Waals surface area contributed by atoms with Gasteiger partial charge in [-0.3, -0.25) is 29.0 Å². The van der Waals surface area contributed by atoms with E-state index in [1.54, 1.807) is 34.8 Å². The second-order valence-corrected chi connectivity index (χ2v) is 49.6. The average Bonchev–Trinajstić information content (AvgIpc) is 0.784. The van der Waals surface area contributed by atoms with Gasteiger partial charge in [-0.25, -0.2) is 0 Å². The molecular weight excluding hydrogens is 1710 g/mol. The molecule has 623 valence electrons. The van der Waals surface area contributed by atoms with E-state index in [2.05, 4.69) is 43.4 Å². The summed E-state index contributed by atoms with van der Waals surface area (Å²) < 4.78 is 76.5. The third-order valence-corrected chi connectivity index (χ3v) is 33.5. The number of ether oxygens (including phenoxy) is 9. The fourth-order valence-electron chi connectivity index (χ4n) is 13.0. The van der Waals surface area contributed by atoms with Crippen molar-refractivity contribution in [2.75, 3.05) is 126 Å². The molecule has 0 spiro atoms. The Kier molecular flexibility index (Phi) is 59.4. The molecule has 10 atom stereocenters. The van der Waals surface area contributed by atoms with Crippen molar-refractivity contribution in [3.05, 3.63) is 30.3 Å². The van der Waals surface area contributed by atoms with Crippen LogP contribution in [0.4, 0.5) is 0 Å². The quantitative estimate of drug-likeness (QED) is 0.0153. The summed E-state index contributed by atoms with van der Waals surface area (Å²) in [4.78, 5) is 55.1. The molecule has 2 saturated carbocycles. The van der Waals surface area contributed by atoms with Crippen LogP contribution >= 0.6 is 0 Å². The van der Waals surface area contributed by atoms with Crippen LogP contribution in [-0.4, -0.2) is 285 Å². The molecule has 26 nitrogen and oxygen atoms in total. The van der Waals surface area contributed by atoms with Crippen molar-refractivity contribution >= 4 is 72.6 Å². The summed E-state index contributed by atoms with van der Waals surface area (Å²) in [7, 11) is -6.92. The number of nitrogens with two attached hydrogens (primary N) is 2. The number of carbonyl (C=O) groups excluding carboxylic acids is 4. The number of hydrogen-bond donors (Lipinski definition) is 7. The number of nitrogens with zero attached hydrogens (tertiary/aromatic N) is 2. The van der Waals surface area contributed by atoms with E-state index in [9.17, 15) is 34.5 Å². The zero-order chi connectivity index (χ0) is 78.4. The number of rotatable bonds is 58. The molecule has 0 bridgehead atoms. The maximum absolute atomic E-state index is 13.3. The number of nitrogens with one attached hydrogen (secondary N) is 2. The number of esters is 4. The fourth-order valence-corrected chi connectivity index (χ4v) is 27.8. The van der Waals surface area contributed by atoms with Gasteiger partial charge in [0.25, 0.3) is 0 Å². The molecule has 0 aliphatic heterocycles. The van der Waals surface area contributed by atoms with E-state index in [0.29, 0.717) is 71.2 Å². The first-order valence-corrected chi connectivity index (χ1v) is 52.3. The normalized spacial score (nSPS) is 19.7. The smallest absolute Gasteiger partial charge is 0.466 e. The first-order chi connectivity index (χ1) is 49.7. The van der Waals surface area contributed by atoms with Crippen LogP contribution in [0.2, 0.25) is 64.0 Å². The molecule has 33 heteroatoms. The molecule has 107 heavy (non-hydrogen) atoms. The van der Waals surface area contributed by atoms with Crippen LogP contribution < -0.4 is 27.3 Å². The monoisotopic (exact) mass is 1850 g/mol. The van der Waals surface area contributed by atoms with Crippen molar-refractivity contribution in [1.82, 2.24) is 20.4 Å². The molecule has 3 rings (SSSR count). The molecule has 1 aromatic rings. The summed E-state index contributed by atoms with van der Waals surface area (Å²) in [5.74, 6) is -0.540. The Morgan fingerprint density at radius 2 is 1.01 bits per heavy atom. The molecule has 0 amide bonds. The zero-order valence-electron chi connectivity index (χ0n) is 69.0. The Labute approximate surface area is 691 Å². The van der Waals surface area contributed by atoms with E-state index in [1.807, 2.05) is 88.0 Å². The minimum atomic E-state index is -3.36. The van der Waals surface area contributed by atoms with E-state index >= 15 is 0 Å². The predicted molar refractivity (Wildman–Crippen MR) is 425 cm³/mol. The van der Waals surface area contributed by atoms with Gasteiger partial charge in [-0.15, -0.1) is 0 Å². The largest absolute Gasteiger partial charge is 0.506 e. The first kappa shape index (κ1) is 106. The Morgan fingerprint density at radius 1 is 0.570 bits per heavy atom. The topological polar surface area (TPSA) is 332 Å². The van der Waals surface area contributed by atoms with Gasteiger partial charge in [0.15, 0.2) is 18.1 Å². The van der Waals surface area contributed by atoms with Crippen molar-refractivity contribution in [1.29, 1.82) is 0 Å². The van der Waals surface area contributed by atoms with Crippen LogP contribution in [0.25, 0.3) is 0 Å². The van der Waals surface area contributed by atoms with Gasteiger partial charge >= 0.3 is 41.2 Å². The number of likely N-dealkylation sites (N-methyl/N-ethyl adjacent to an activating group) is 1. The molecule has 1 radical (unpaired) electrons. The standard InChI is InChI=1S/C39H72N2O10Si.C35H76N4O10Si4.W.Y/c1-9-48-36(43)25-34(38(45)50-11-3)40(5)31-18-14-29(15-19-31)24-30-16-20-32(21-17-30)41(27-33(42)28-47-22-13-23-52(6,7)8)35(39(46)51-12-4)26-37(44)49-10-2;1-29(36)23-45-25-31(3)38-21-33(40)27-43-17-13-19-50-47-53(49-52(8,9)42-5,35-15-11-10-12-16-35)48-51(6,7)20-14-18-44-28-34(41)22-39-32(4)26-46-24-30(2)37;;/h29-35,42H,9-28H2,1-8H3;10-12,15-16,29-34,38-41H,13-14,17-28,36-37,50H2,1-9H3;;. The van der Waals surface area contributed by atoms with Gasteiger partial charge in [-0.2, -0.15) is 0 Å². The molecule has 9 N–H and O–H groups in total. The van der Waals surface area contributed by atoms with Gasteiger partial charge in [0.1, 0.15) is 12.1 Å². The summed E-state index contributed by atoms with van der Waals surface area (Å²) in [6, 6.07) is 11.9. The van der Waals surface area contributed by atoms with E-state index in [-0.39, 0.29) is 168 Å². The van der Waals surface area contributed by atoms with Gasteiger partial charge in [0.05, 0.1) is 104 Å². The minimum absolute atomic E-state index is 0. The third kappa shape index (κ3) is 49.1. The zero-order valence-corrected chi connectivity index (χ0v) is 80.1. The van der Waals surface area contributed by atoms with E-state index in [1.165, 1.54) is 0 Å². The second-order valence-electron chi connectivity index (χ2n) is 31.1. The molecule has 0 saturated heterocycles. The number of carbonyl (C=O) groups is 4. The van der Waals surface area contributed by atoms with E-state index < -0.39 is 85.9 Å². The Balaban J connectivity index is 0.00000206. The van der Waals surface area contributed by atoms with Crippen molar-refractivity contribution in [3.8, 4) is 0 Å². The Hall–Kier alpha value is -0.743. The second kappa shape index (κ2) is 59.9. The van der Waals surface area contributed by atoms with Gasteiger partial charge in [0.2, 0.25) is 0 Å². The van der Waals surface area contributed by atoms with E-state index in [4.69, 9.17) is 70.9 Å². The predicted octanol–water partition coefficient (Wildman–Crippen LogP) is 6.76. The van der Waals surface area contributed by atoms with Crippen molar-refractivity contribution in [3.63, 3.8) is 0 Å². The number of hydrogen-bond acceptors (Lipinski definition) is 26. The molecule has 2 aliphatic carbocycles. The molecule has 0 aromatic heterocycles. The van der Waals surface area contributed by atoms with Gasteiger partial charge in [-0.1, -0.05) is 56.0 Å². The summed E-state index contributed by atoms with van der Waals surface area (Å²) in [5.41, 5.74) is 11.5. The van der Waals surface area contributed by atoms with Crippen LogP contribution in [0.3, 0.4) is 0 Å². The van der Waals surface area contributed by atoms with Crippen LogP contribution in [-0.2, 0) is 132 Å². The molecule has 10 unspecified atom stereocenters. The maximum Gasteiger partial charge on any atom is 0.506 e. The summed E-state index contributed by atoms with van der Waals surface area (Å²) in [6.07, 6.45) is 9.31. The van der Waals surface area contributed by atoms with Crippen LogP contribution in [0.15, 0.2) is 30.3 Å². The Morgan fingerprint density at radius 3 is 1.47 bits per heavy atom. The average molecular weight is 1860 g/mol. The van der Waals surface area contributed by atoms with Crippen molar-refractivity contribution in [2.45, 2.75) is 276 Å². The molecule has 0 heterocycles. The maximum atomic E-state index is 13.3. The van der Waals surface area contributed by atoms with Crippen molar-refractivity contribution in [2.24, 2.45) is 23.3 Å². The van der Waals surface area contributed by atoms with Gasteiger partial charge < -0.3 is 96.8 Å². The summed E-state index contributed by atoms with van der Waals surface area (Å²) in [5, 5.41) is 39.4.